The summed E-state index contributed by atoms with van der Waals surface area (Å²) >= 11 is 0. The summed E-state index contributed by atoms with van der Waals surface area (Å²) in [5, 5.41) is 11.8. The Balaban J connectivity index is 1.23. The van der Waals surface area contributed by atoms with Crippen molar-refractivity contribution in [2.75, 3.05) is 0 Å². The topological polar surface area (TPSA) is 23.0 Å². The zero-order chi connectivity index (χ0) is 33.5. The molecule has 0 saturated heterocycles. The van der Waals surface area contributed by atoms with Gasteiger partial charge in [-0.25, -0.2) is 0 Å². The van der Waals surface area contributed by atoms with E-state index in [1.807, 2.05) is 6.07 Å². The minimum absolute atomic E-state index is 0.834. The number of nitrogens with zero attached hydrogens (tertiary/aromatic N) is 2. The number of aromatic nitrogens is 2. The molecule has 8 aromatic carbocycles. The normalized spacial score (nSPS) is 11.9. The van der Waals surface area contributed by atoms with E-state index in [2.05, 4.69) is 185 Å². The summed E-state index contributed by atoms with van der Waals surface area (Å²) in [6.45, 7) is 0. The highest BCUT2D eigenvalue weighted by Gasteiger charge is 2.17. The molecule has 3 aromatic heterocycles. The van der Waals surface area contributed by atoms with Crippen LogP contribution < -0.4 is 0 Å². The van der Waals surface area contributed by atoms with Crippen molar-refractivity contribution in [2.24, 2.45) is 0 Å². The maximum absolute atomic E-state index is 6.84. The monoisotopic (exact) mass is 650 g/mol. The first-order valence-electron chi connectivity index (χ1n) is 17.4. The number of para-hydroxylation sites is 4. The van der Waals surface area contributed by atoms with Crippen molar-refractivity contribution in [3.05, 3.63) is 182 Å². The fraction of sp³-hybridized carbons (Fsp3) is 0. The van der Waals surface area contributed by atoms with Crippen LogP contribution in [-0.4, -0.2) is 9.13 Å². The van der Waals surface area contributed by atoms with E-state index in [-0.39, 0.29) is 0 Å². The highest BCUT2D eigenvalue weighted by molar-refractivity contribution is 6.19. The van der Waals surface area contributed by atoms with Gasteiger partial charge in [0.05, 0.1) is 22.1 Å². The van der Waals surface area contributed by atoms with Crippen molar-refractivity contribution in [1.29, 1.82) is 0 Å². The lowest BCUT2D eigenvalue weighted by Crippen LogP contribution is -1.96. The molecule has 0 unspecified atom stereocenters. The Morgan fingerprint density at radius 3 is 1.18 bits per heavy atom. The Morgan fingerprint density at radius 1 is 0.255 bits per heavy atom. The predicted molar refractivity (Wildman–Crippen MR) is 215 cm³/mol. The molecule has 3 heteroatoms. The number of benzene rings is 8. The van der Waals surface area contributed by atoms with Gasteiger partial charge < -0.3 is 13.6 Å². The van der Waals surface area contributed by atoms with E-state index in [0.29, 0.717) is 0 Å². The van der Waals surface area contributed by atoms with E-state index in [1.54, 1.807) is 0 Å². The molecule has 0 atom stereocenters. The molecule has 0 amide bonds. The van der Waals surface area contributed by atoms with Gasteiger partial charge >= 0.3 is 0 Å². The minimum atomic E-state index is 0.834. The summed E-state index contributed by atoms with van der Waals surface area (Å²) in [5.41, 5.74) is 8.67. The summed E-state index contributed by atoms with van der Waals surface area (Å²) in [5.74, 6) is 0. The second-order valence-corrected chi connectivity index (χ2v) is 13.3. The molecular weight excluding hydrogens is 621 g/mol. The van der Waals surface area contributed by atoms with Crippen LogP contribution in [0.5, 0.6) is 0 Å². The Hall–Kier alpha value is -6.84. The molecule has 0 aliphatic heterocycles. The van der Waals surface area contributed by atoms with Gasteiger partial charge in [-0.2, -0.15) is 0 Å². The van der Waals surface area contributed by atoms with Gasteiger partial charge in [0.15, 0.2) is 0 Å². The maximum atomic E-state index is 6.84. The summed E-state index contributed by atoms with van der Waals surface area (Å²) < 4.78 is 11.6. The average molecular weight is 651 g/mol. The van der Waals surface area contributed by atoms with Gasteiger partial charge in [-0.1, -0.05) is 121 Å². The van der Waals surface area contributed by atoms with Crippen molar-refractivity contribution in [1.82, 2.24) is 9.13 Å². The molecule has 11 aromatic rings. The van der Waals surface area contributed by atoms with Crippen LogP contribution in [0.4, 0.5) is 0 Å². The van der Waals surface area contributed by atoms with Gasteiger partial charge in [-0.05, 0) is 82.2 Å². The molecule has 0 aliphatic carbocycles. The van der Waals surface area contributed by atoms with E-state index < -0.39 is 0 Å². The third-order valence-corrected chi connectivity index (χ3v) is 10.5. The van der Waals surface area contributed by atoms with Crippen molar-refractivity contribution in [3.63, 3.8) is 0 Å². The molecule has 0 saturated carbocycles. The SMILES string of the molecule is c1ccc2c(c1)oc1ccc(-n3c4ccccc4c4cc(-n5c6ccccc6c6ccccc65)ccc43)cc1c1ccccc1c1ccccc21. The van der Waals surface area contributed by atoms with Crippen LogP contribution in [0.25, 0.3) is 98.5 Å². The predicted octanol–water partition coefficient (Wildman–Crippen LogP) is 13.2. The molecule has 238 valence electrons. The second kappa shape index (κ2) is 10.8. The van der Waals surface area contributed by atoms with E-state index in [0.717, 1.165) is 49.6 Å². The van der Waals surface area contributed by atoms with E-state index in [1.165, 1.54) is 48.9 Å². The lowest BCUT2D eigenvalue weighted by molar-refractivity contribution is 0.663. The molecule has 0 spiro atoms. The van der Waals surface area contributed by atoms with Gasteiger partial charge in [-0.3, -0.25) is 0 Å². The largest absolute Gasteiger partial charge is 0.456 e. The Bertz CT molecular complexity index is 3210. The quantitative estimate of drug-likeness (QED) is 0.183. The molecule has 0 N–H and O–H groups in total. The first-order chi connectivity index (χ1) is 25.3. The first-order valence-corrected chi connectivity index (χ1v) is 17.4. The Morgan fingerprint density at radius 2 is 0.608 bits per heavy atom. The summed E-state index contributed by atoms with van der Waals surface area (Å²) in [7, 11) is 0. The molecule has 11 rings (SSSR count). The second-order valence-electron chi connectivity index (χ2n) is 13.3. The van der Waals surface area contributed by atoms with Crippen LogP contribution >= 0.6 is 0 Å². The molecule has 51 heavy (non-hydrogen) atoms. The third-order valence-electron chi connectivity index (χ3n) is 10.5. The highest BCUT2D eigenvalue weighted by Crippen LogP contribution is 2.38. The van der Waals surface area contributed by atoms with Gasteiger partial charge in [0.2, 0.25) is 0 Å². The molecule has 0 radical (unpaired) electrons. The number of rotatable bonds is 2. The average Bonchev–Trinajstić information content (AvgIpc) is 3.72. The van der Waals surface area contributed by atoms with Crippen LogP contribution in [0.2, 0.25) is 0 Å². The van der Waals surface area contributed by atoms with Crippen LogP contribution in [0.3, 0.4) is 0 Å². The fourth-order valence-corrected chi connectivity index (χ4v) is 8.34. The van der Waals surface area contributed by atoms with Crippen molar-refractivity contribution in [2.45, 2.75) is 0 Å². The van der Waals surface area contributed by atoms with Crippen molar-refractivity contribution in [3.8, 4) is 11.4 Å². The van der Waals surface area contributed by atoms with Gasteiger partial charge in [0, 0.05) is 43.7 Å². The smallest absolute Gasteiger partial charge is 0.135 e. The maximum Gasteiger partial charge on any atom is 0.135 e. The zero-order valence-corrected chi connectivity index (χ0v) is 27.6. The molecule has 0 bridgehead atoms. The lowest BCUT2D eigenvalue weighted by atomic mass is 10.0. The van der Waals surface area contributed by atoms with Crippen molar-refractivity contribution >= 4 is 87.1 Å². The number of hydrogen-bond acceptors (Lipinski definition) is 1. The highest BCUT2D eigenvalue weighted by atomic mass is 16.3. The fourth-order valence-electron chi connectivity index (χ4n) is 8.34. The molecular formula is C48H30N2O. The van der Waals surface area contributed by atoms with Crippen LogP contribution in [-0.2, 0) is 0 Å². The Kier molecular flexibility index (Phi) is 5.96. The molecule has 0 fully saturated rings. The summed E-state index contributed by atoms with van der Waals surface area (Å²) in [4.78, 5) is 0. The summed E-state index contributed by atoms with van der Waals surface area (Å²) in [6.07, 6.45) is 0. The van der Waals surface area contributed by atoms with E-state index >= 15 is 0 Å². The van der Waals surface area contributed by atoms with Crippen LogP contribution in [0, 0.1) is 0 Å². The number of fused-ring (bicyclic) bond motifs is 13. The number of hydrogen-bond donors (Lipinski definition) is 0. The third kappa shape index (κ3) is 4.12. The molecule has 3 heterocycles. The summed E-state index contributed by atoms with van der Waals surface area (Å²) in [6, 6.07) is 65.4. The molecule has 3 nitrogen and oxygen atoms in total. The lowest BCUT2D eigenvalue weighted by Gasteiger charge is -2.11. The van der Waals surface area contributed by atoms with E-state index in [4.69, 9.17) is 4.42 Å². The molecule has 0 aliphatic rings. The van der Waals surface area contributed by atoms with Crippen LogP contribution in [0.1, 0.15) is 0 Å². The van der Waals surface area contributed by atoms with Gasteiger partial charge in [-0.15, -0.1) is 0 Å². The first kappa shape index (κ1) is 28.0. The zero-order valence-electron chi connectivity index (χ0n) is 27.6. The van der Waals surface area contributed by atoms with Crippen molar-refractivity contribution < 1.29 is 4.42 Å². The van der Waals surface area contributed by atoms with Gasteiger partial charge in [0.1, 0.15) is 11.2 Å². The van der Waals surface area contributed by atoms with Crippen LogP contribution in [0.15, 0.2) is 186 Å². The van der Waals surface area contributed by atoms with E-state index in [9.17, 15) is 0 Å². The standard InChI is InChI=1S/C48H30N2O/c1-3-15-35-33(13-1)34-14-2-4-16-36(34)42-30-32(26-28-48(42)51-47-24-12-8-20-40(35)47)50-45-23-11-7-19-39(45)41-29-31(25-27-46(41)50)49-43-21-9-5-17-37(43)38-18-6-10-22-44(38)49/h1-30H. The van der Waals surface area contributed by atoms with Gasteiger partial charge in [0.25, 0.3) is 0 Å². The Labute approximate surface area is 293 Å². The minimum Gasteiger partial charge on any atom is -0.456 e.